The van der Waals surface area contributed by atoms with Crippen molar-refractivity contribution in [1.29, 1.82) is 5.26 Å². The van der Waals surface area contributed by atoms with Crippen LogP contribution in [0.25, 0.3) is 0 Å². The third-order valence-electron chi connectivity index (χ3n) is 3.65. The molecule has 0 aliphatic heterocycles. The fourth-order valence-electron chi connectivity index (χ4n) is 2.27. The zero-order valence-corrected chi connectivity index (χ0v) is 18.1. The number of anilines is 1. The van der Waals surface area contributed by atoms with Gasteiger partial charge in [0.15, 0.2) is 0 Å². The van der Waals surface area contributed by atoms with Crippen molar-refractivity contribution < 1.29 is 23.9 Å². The monoisotopic (exact) mass is 430 g/mol. The minimum absolute atomic E-state index is 0.0872. The molecule has 0 aromatic heterocycles. The van der Waals surface area contributed by atoms with Crippen molar-refractivity contribution in [2.45, 2.75) is 32.9 Å². The predicted octanol–water partition coefficient (Wildman–Crippen LogP) is 3.78. The summed E-state index contributed by atoms with van der Waals surface area (Å²) in [6, 6.07) is 11.0. The van der Waals surface area contributed by atoms with Crippen LogP contribution >= 0.6 is 0 Å². The number of nitriles is 1. The number of hydrogen-bond acceptors (Lipinski definition) is 8. The summed E-state index contributed by atoms with van der Waals surface area (Å²) in [5, 5.41) is 21.6. The number of hydrogen-bond donors (Lipinski definition) is 2. The lowest BCUT2D eigenvalue weighted by Gasteiger charge is -2.20. The quantitative estimate of drug-likeness (QED) is 0.413. The molecule has 0 fully saturated rings. The molecule has 0 bridgehead atoms. The van der Waals surface area contributed by atoms with Gasteiger partial charge in [-0.25, -0.2) is 4.79 Å². The third-order valence-corrected chi connectivity index (χ3v) is 3.65. The van der Waals surface area contributed by atoms with Gasteiger partial charge in [-0.2, -0.15) is 5.26 Å². The molecule has 0 radical (unpaired) electrons. The normalized spacial score (nSPS) is 10.1. The molecule has 0 unspecified atom stereocenters. The molecule has 0 spiro atoms. The van der Waals surface area contributed by atoms with Crippen LogP contribution in [0.5, 0.6) is 11.5 Å². The Morgan fingerprint density at radius 1 is 1.16 bits per heavy atom. The van der Waals surface area contributed by atoms with Gasteiger partial charge >= 0.3 is 6.09 Å². The van der Waals surface area contributed by atoms with Crippen LogP contribution in [0.2, 0.25) is 0 Å². The van der Waals surface area contributed by atoms with Gasteiger partial charge in [0.1, 0.15) is 23.2 Å². The Balaban J connectivity index is 0.000000327. The second kappa shape index (κ2) is 11.3. The van der Waals surface area contributed by atoms with Crippen LogP contribution in [0.3, 0.4) is 0 Å². The summed E-state index contributed by atoms with van der Waals surface area (Å²) in [6.07, 6.45) is -0.457. The summed E-state index contributed by atoms with van der Waals surface area (Å²) in [4.78, 5) is 21.3. The number of nitrogens with one attached hydrogen (secondary N) is 1. The van der Waals surface area contributed by atoms with Crippen LogP contribution in [0.4, 0.5) is 16.2 Å². The summed E-state index contributed by atoms with van der Waals surface area (Å²) in [7, 11) is 2.92. The molecule has 166 valence electrons. The van der Waals surface area contributed by atoms with E-state index in [-0.39, 0.29) is 17.0 Å². The van der Waals surface area contributed by atoms with E-state index in [9.17, 15) is 14.9 Å². The van der Waals surface area contributed by atoms with Gasteiger partial charge < -0.3 is 25.3 Å². The molecule has 0 heterocycles. The maximum absolute atomic E-state index is 11.5. The van der Waals surface area contributed by atoms with Crippen molar-refractivity contribution in [3.05, 3.63) is 57.6 Å². The van der Waals surface area contributed by atoms with Crippen LogP contribution in [0.15, 0.2) is 36.4 Å². The fraction of sp³-hybridized carbons (Fsp3) is 0.333. The summed E-state index contributed by atoms with van der Waals surface area (Å²) >= 11 is 0. The molecule has 1 amide bonds. The molecule has 0 aliphatic carbocycles. The molecule has 10 nitrogen and oxygen atoms in total. The first-order chi connectivity index (χ1) is 14.5. The second-order valence-electron chi connectivity index (χ2n) is 7.18. The molecular weight excluding hydrogens is 404 g/mol. The highest BCUT2D eigenvalue weighted by Crippen LogP contribution is 2.23. The number of nitro groups is 1. The highest BCUT2D eigenvalue weighted by molar-refractivity contribution is 5.68. The van der Waals surface area contributed by atoms with Crippen molar-refractivity contribution in [3.8, 4) is 17.6 Å². The van der Waals surface area contributed by atoms with Crippen LogP contribution in [0.1, 0.15) is 31.9 Å². The zero-order valence-electron chi connectivity index (χ0n) is 18.1. The number of nitrogen functional groups attached to an aromatic ring is 1. The molecule has 2 aromatic carbocycles. The largest absolute Gasteiger partial charge is 0.496 e. The highest BCUT2D eigenvalue weighted by atomic mass is 16.6. The number of nitrogens with two attached hydrogens (primary N) is 1. The van der Waals surface area contributed by atoms with Crippen LogP contribution in [-0.2, 0) is 11.3 Å². The van der Waals surface area contributed by atoms with Crippen LogP contribution < -0.4 is 20.5 Å². The molecule has 3 N–H and O–H groups in total. The van der Waals surface area contributed by atoms with Gasteiger partial charge in [0, 0.05) is 29.9 Å². The number of nitrogens with zero attached hydrogens (tertiary/aromatic N) is 2. The molecule has 10 heteroatoms. The van der Waals surface area contributed by atoms with Gasteiger partial charge in [-0.1, -0.05) is 6.07 Å². The predicted molar refractivity (Wildman–Crippen MR) is 115 cm³/mol. The van der Waals surface area contributed by atoms with E-state index in [4.69, 9.17) is 25.2 Å². The third kappa shape index (κ3) is 8.49. The summed E-state index contributed by atoms with van der Waals surface area (Å²) in [5.74, 6) is 0.864. The fourth-order valence-corrected chi connectivity index (χ4v) is 2.27. The lowest BCUT2D eigenvalue weighted by atomic mass is 10.2. The van der Waals surface area contributed by atoms with Gasteiger partial charge in [0.05, 0.1) is 30.8 Å². The van der Waals surface area contributed by atoms with Gasteiger partial charge in [-0.3, -0.25) is 10.1 Å². The number of non-ortho nitro benzene ring substituents is 1. The highest BCUT2D eigenvalue weighted by Gasteiger charge is 2.16. The van der Waals surface area contributed by atoms with Crippen LogP contribution in [-0.4, -0.2) is 30.8 Å². The smallest absolute Gasteiger partial charge is 0.407 e. The number of carbonyl (C=O) groups is 1. The lowest BCUT2D eigenvalue weighted by molar-refractivity contribution is -0.384. The van der Waals surface area contributed by atoms with Crippen molar-refractivity contribution in [1.82, 2.24) is 5.32 Å². The first-order valence-corrected chi connectivity index (χ1v) is 9.12. The summed E-state index contributed by atoms with van der Waals surface area (Å²) < 4.78 is 15.1. The molecule has 0 saturated carbocycles. The van der Waals surface area contributed by atoms with E-state index in [1.807, 2.05) is 32.9 Å². The van der Waals surface area contributed by atoms with E-state index in [1.165, 1.54) is 25.3 Å². The standard InChI is InChI=1S/C13H20N2O3.C8H6N2O3/c1-13(2,3)18-12(16)15-8-9-5-6-10(14)7-11(9)17-4;1-13-8-4-7(10(11)12)3-2-6(8)5-9/h5-7H,8,14H2,1-4H3,(H,15,16);2-4H,1H3. The molecule has 2 rings (SSSR count). The van der Waals surface area contributed by atoms with Gasteiger partial charge in [0.2, 0.25) is 0 Å². The van der Waals surface area contributed by atoms with Gasteiger partial charge in [-0.05, 0) is 32.9 Å². The lowest BCUT2D eigenvalue weighted by Crippen LogP contribution is -2.32. The van der Waals surface area contributed by atoms with E-state index in [0.29, 0.717) is 18.0 Å². The minimum atomic E-state index is -0.538. The maximum Gasteiger partial charge on any atom is 0.407 e. The molecule has 2 aromatic rings. The Bertz CT molecular complexity index is 963. The van der Waals surface area contributed by atoms with E-state index in [0.717, 1.165) is 5.56 Å². The van der Waals surface area contributed by atoms with E-state index in [2.05, 4.69) is 5.32 Å². The average Bonchev–Trinajstić information content (AvgIpc) is 2.71. The topological polar surface area (TPSA) is 150 Å². The van der Waals surface area contributed by atoms with Gasteiger partial charge in [0.25, 0.3) is 5.69 Å². The Labute approximate surface area is 180 Å². The minimum Gasteiger partial charge on any atom is -0.496 e. The number of nitro benzene ring substituents is 1. The number of ether oxygens (including phenoxy) is 3. The maximum atomic E-state index is 11.5. The van der Waals surface area contributed by atoms with E-state index < -0.39 is 16.6 Å². The SMILES string of the molecule is COc1cc(N)ccc1CNC(=O)OC(C)(C)C.COc1cc([N+](=O)[O-])ccc1C#N. The molecule has 0 atom stereocenters. The zero-order chi connectivity index (χ0) is 23.6. The molecule has 31 heavy (non-hydrogen) atoms. The van der Waals surface area contributed by atoms with Gasteiger partial charge in [-0.15, -0.1) is 0 Å². The summed E-state index contributed by atoms with van der Waals surface area (Å²) in [5.41, 5.74) is 6.81. The Morgan fingerprint density at radius 3 is 2.32 bits per heavy atom. The Kier molecular flexibility index (Phi) is 9.09. The summed E-state index contributed by atoms with van der Waals surface area (Å²) in [6.45, 7) is 5.78. The Hall–Kier alpha value is -4.00. The molecular formula is C21H26N4O6. The number of benzene rings is 2. The van der Waals surface area contributed by atoms with Crippen molar-refractivity contribution >= 4 is 17.5 Å². The molecule has 0 aliphatic rings. The average molecular weight is 430 g/mol. The van der Waals surface area contributed by atoms with Crippen LogP contribution in [0, 0.1) is 21.4 Å². The van der Waals surface area contributed by atoms with E-state index >= 15 is 0 Å². The number of carbonyl (C=O) groups excluding carboxylic acids is 1. The number of rotatable bonds is 5. The van der Waals surface area contributed by atoms with Crippen molar-refractivity contribution in [2.75, 3.05) is 20.0 Å². The number of amides is 1. The van der Waals surface area contributed by atoms with E-state index in [1.54, 1.807) is 19.2 Å². The number of methoxy groups -OCH3 is 2. The first kappa shape index (κ1) is 25.0. The second-order valence-corrected chi connectivity index (χ2v) is 7.18. The number of alkyl carbamates (subject to hydrolysis) is 1. The first-order valence-electron chi connectivity index (χ1n) is 9.12. The Morgan fingerprint density at radius 2 is 1.81 bits per heavy atom. The molecule has 0 saturated heterocycles. The van der Waals surface area contributed by atoms with Crippen molar-refractivity contribution in [2.24, 2.45) is 0 Å². The van der Waals surface area contributed by atoms with Crippen molar-refractivity contribution in [3.63, 3.8) is 0 Å².